The van der Waals surface area contributed by atoms with Crippen LogP contribution in [0.3, 0.4) is 0 Å². The summed E-state index contributed by atoms with van der Waals surface area (Å²) < 4.78 is 41.4. The molecule has 31 heavy (non-hydrogen) atoms. The number of hydrogen-bond donors (Lipinski definition) is 0. The topological polar surface area (TPSA) is 73.6 Å². The first kappa shape index (κ1) is 21.1. The Bertz CT molecular complexity index is 1140. The lowest BCUT2D eigenvalue weighted by atomic mass is 9.84. The van der Waals surface area contributed by atoms with Crippen molar-refractivity contribution in [3.63, 3.8) is 0 Å². The van der Waals surface area contributed by atoms with Gasteiger partial charge in [0.2, 0.25) is 0 Å². The summed E-state index contributed by atoms with van der Waals surface area (Å²) in [6, 6.07) is 5.61. The Morgan fingerprint density at radius 3 is 2.55 bits per heavy atom. The molecule has 0 saturated heterocycles. The van der Waals surface area contributed by atoms with Crippen LogP contribution < -0.4 is 5.56 Å². The van der Waals surface area contributed by atoms with Gasteiger partial charge in [0.15, 0.2) is 0 Å². The van der Waals surface area contributed by atoms with Crippen LogP contribution in [-0.2, 0) is 12.7 Å². The zero-order valence-corrected chi connectivity index (χ0v) is 17.1. The summed E-state index contributed by atoms with van der Waals surface area (Å²) in [5.41, 5.74) is 0.0533. The third-order valence-corrected chi connectivity index (χ3v) is 5.58. The number of halogens is 3. The van der Waals surface area contributed by atoms with E-state index < -0.39 is 11.7 Å². The summed E-state index contributed by atoms with van der Waals surface area (Å²) in [6.07, 6.45) is 3.22. The first-order valence-corrected chi connectivity index (χ1v) is 10.3. The summed E-state index contributed by atoms with van der Waals surface area (Å²) in [5.74, 6) is 0.600. The van der Waals surface area contributed by atoms with Gasteiger partial charge in [-0.1, -0.05) is 19.3 Å². The molecule has 6 nitrogen and oxygen atoms in total. The second-order valence-electron chi connectivity index (χ2n) is 7.77. The normalized spacial score (nSPS) is 15.2. The van der Waals surface area contributed by atoms with Crippen molar-refractivity contribution in [1.82, 2.24) is 24.7 Å². The van der Waals surface area contributed by atoms with Crippen LogP contribution in [0.25, 0.3) is 11.4 Å². The minimum absolute atomic E-state index is 0.0583. The number of pyridine rings is 1. The van der Waals surface area contributed by atoms with Gasteiger partial charge in [0.25, 0.3) is 5.56 Å². The molecule has 0 bridgehead atoms. The van der Waals surface area contributed by atoms with E-state index in [2.05, 4.69) is 20.1 Å². The van der Waals surface area contributed by atoms with E-state index in [1.54, 1.807) is 25.3 Å². The first-order valence-electron chi connectivity index (χ1n) is 10.3. The van der Waals surface area contributed by atoms with Crippen molar-refractivity contribution >= 4 is 0 Å². The monoisotopic (exact) mass is 429 g/mol. The number of nitrogens with zero attached hydrogens (tertiary/aromatic N) is 5. The van der Waals surface area contributed by atoms with Crippen LogP contribution in [-0.4, -0.2) is 24.7 Å². The van der Waals surface area contributed by atoms with Gasteiger partial charge in [-0.25, -0.2) is 14.6 Å². The molecule has 3 aromatic heterocycles. The van der Waals surface area contributed by atoms with Crippen LogP contribution in [0.15, 0.2) is 41.5 Å². The fourth-order valence-corrected chi connectivity index (χ4v) is 4.06. The highest BCUT2D eigenvalue weighted by molar-refractivity contribution is 5.54. The first-order chi connectivity index (χ1) is 14.8. The van der Waals surface area contributed by atoms with Gasteiger partial charge in [-0.2, -0.15) is 18.3 Å². The number of alkyl halides is 3. The fraction of sp³-hybridized carbons (Fsp3) is 0.409. The molecule has 3 heterocycles. The summed E-state index contributed by atoms with van der Waals surface area (Å²) in [5, 5.41) is 4.36. The second-order valence-corrected chi connectivity index (χ2v) is 7.77. The third-order valence-electron chi connectivity index (χ3n) is 5.58. The molecule has 0 spiro atoms. The Morgan fingerprint density at radius 2 is 1.84 bits per heavy atom. The molecule has 1 aliphatic carbocycles. The molecular formula is C22H22F3N5O. The number of rotatable bonds is 4. The van der Waals surface area contributed by atoms with Gasteiger partial charge >= 0.3 is 6.18 Å². The Hall–Kier alpha value is -3.10. The Morgan fingerprint density at radius 1 is 1.06 bits per heavy atom. The van der Waals surface area contributed by atoms with E-state index in [-0.39, 0.29) is 23.7 Å². The Kier molecular flexibility index (Phi) is 5.84. The van der Waals surface area contributed by atoms with Gasteiger partial charge in [0, 0.05) is 18.0 Å². The van der Waals surface area contributed by atoms with Crippen LogP contribution in [0.4, 0.5) is 13.2 Å². The molecule has 0 aliphatic heterocycles. The van der Waals surface area contributed by atoms with Gasteiger partial charge in [0.1, 0.15) is 11.5 Å². The molecule has 0 atom stereocenters. The van der Waals surface area contributed by atoms with E-state index in [0.717, 1.165) is 42.9 Å². The van der Waals surface area contributed by atoms with Gasteiger partial charge in [-0.3, -0.25) is 9.78 Å². The van der Waals surface area contributed by atoms with E-state index in [4.69, 9.17) is 0 Å². The summed E-state index contributed by atoms with van der Waals surface area (Å²) in [4.78, 5) is 25.6. The van der Waals surface area contributed by atoms with Gasteiger partial charge in [0.05, 0.1) is 23.5 Å². The molecule has 4 rings (SSSR count). The molecule has 0 N–H and O–H groups in total. The molecule has 1 saturated carbocycles. The smallest absolute Gasteiger partial charge is 0.267 e. The lowest BCUT2D eigenvalue weighted by Crippen LogP contribution is -2.30. The largest absolute Gasteiger partial charge is 0.418 e. The highest BCUT2D eigenvalue weighted by atomic mass is 19.4. The predicted octanol–water partition coefficient (Wildman–Crippen LogP) is 4.52. The minimum atomic E-state index is -4.57. The van der Waals surface area contributed by atoms with Crippen LogP contribution in [0, 0.1) is 6.92 Å². The summed E-state index contributed by atoms with van der Waals surface area (Å²) in [7, 11) is 0. The highest BCUT2D eigenvalue weighted by Crippen LogP contribution is 2.33. The molecule has 0 amide bonds. The molecular weight excluding hydrogens is 407 g/mol. The molecule has 0 radical (unpaired) electrons. The van der Waals surface area contributed by atoms with E-state index in [0.29, 0.717) is 22.8 Å². The van der Waals surface area contributed by atoms with Crippen molar-refractivity contribution in [2.45, 2.75) is 57.7 Å². The number of hydrogen-bond acceptors (Lipinski definition) is 5. The van der Waals surface area contributed by atoms with E-state index in [1.165, 1.54) is 12.3 Å². The molecule has 0 unspecified atom stereocenters. The number of aryl methyl sites for hydroxylation is 1. The van der Waals surface area contributed by atoms with Crippen LogP contribution in [0.1, 0.15) is 60.7 Å². The average Bonchev–Trinajstić information content (AvgIpc) is 2.75. The van der Waals surface area contributed by atoms with E-state index in [9.17, 15) is 18.0 Å². The van der Waals surface area contributed by atoms with Crippen LogP contribution >= 0.6 is 0 Å². The van der Waals surface area contributed by atoms with Crippen molar-refractivity contribution in [2.24, 2.45) is 0 Å². The molecule has 9 heteroatoms. The van der Waals surface area contributed by atoms with Crippen molar-refractivity contribution in [3.8, 4) is 11.4 Å². The van der Waals surface area contributed by atoms with Gasteiger partial charge in [-0.15, -0.1) is 0 Å². The van der Waals surface area contributed by atoms with E-state index >= 15 is 0 Å². The standard InChI is InChI=1S/C22H22F3N5O/c1-14-26-11-9-18(28-14)19-12-16(15-6-3-2-4-7-15)21(31)30(29-19)13-20-17(22(23,24)25)8-5-10-27-20/h5,8-12,15H,2-4,6-7,13H2,1H3. The zero-order valence-electron chi connectivity index (χ0n) is 17.1. The quantitative estimate of drug-likeness (QED) is 0.610. The minimum Gasteiger partial charge on any atom is -0.267 e. The zero-order chi connectivity index (χ0) is 22.0. The molecule has 162 valence electrons. The van der Waals surface area contributed by atoms with Crippen LogP contribution in [0.2, 0.25) is 0 Å². The Balaban J connectivity index is 1.84. The predicted molar refractivity (Wildman–Crippen MR) is 108 cm³/mol. The molecule has 3 aromatic rings. The maximum absolute atomic E-state index is 13.4. The van der Waals surface area contributed by atoms with Crippen molar-refractivity contribution in [3.05, 3.63) is 69.7 Å². The van der Waals surface area contributed by atoms with Gasteiger partial charge < -0.3 is 0 Å². The fourth-order valence-electron chi connectivity index (χ4n) is 4.06. The average molecular weight is 429 g/mol. The van der Waals surface area contributed by atoms with Crippen molar-refractivity contribution < 1.29 is 13.2 Å². The van der Waals surface area contributed by atoms with Gasteiger partial charge in [-0.05, 0) is 49.9 Å². The third kappa shape index (κ3) is 4.65. The van der Waals surface area contributed by atoms with Crippen molar-refractivity contribution in [1.29, 1.82) is 0 Å². The second kappa shape index (κ2) is 8.56. The summed E-state index contributed by atoms with van der Waals surface area (Å²) >= 11 is 0. The van der Waals surface area contributed by atoms with Crippen molar-refractivity contribution in [2.75, 3.05) is 0 Å². The lowest BCUT2D eigenvalue weighted by molar-refractivity contribution is -0.138. The maximum Gasteiger partial charge on any atom is 0.418 e. The molecule has 0 aromatic carbocycles. The molecule has 1 fully saturated rings. The summed E-state index contributed by atoms with van der Waals surface area (Å²) in [6.45, 7) is 1.37. The highest BCUT2D eigenvalue weighted by Gasteiger charge is 2.34. The SMILES string of the molecule is Cc1nccc(-c2cc(C3CCCCC3)c(=O)n(Cc3ncccc3C(F)(F)F)n2)n1. The van der Waals surface area contributed by atoms with E-state index in [1.807, 2.05) is 0 Å². The lowest BCUT2D eigenvalue weighted by Gasteiger charge is -2.22. The number of aromatic nitrogens is 5. The Labute approximate surface area is 177 Å². The maximum atomic E-state index is 13.4. The van der Waals surface area contributed by atoms with Crippen LogP contribution in [0.5, 0.6) is 0 Å². The molecule has 1 aliphatic rings.